The molecule has 1 saturated carbocycles. The second kappa shape index (κ2) is 7.49. The highest BCUT2D eigenvalue weighted by atomic mass is 15.2. The van der Waals surface area contributed by atoms with Gasteiger partial charge in [0.25, 0.3) is 0 Å². The minimum atomic E-state index is 0.373. The molecule has 1 fully saturated rings. The molecule has 0 atom stereocenters. The first-order valence-corrected chi connectivity index (χ1v) is 7.92. The highest BCUT2D eigenvalue weighted by molar-refractivity contribution is 4.82. The van der Waals surface area contributed by atoms with Gasteiger partial charge < -0.3 is 10.2 Å². The zero-order valence-electron chi connectivity index (χ0n) is 13.3. The number of nitrogens with one attached hydrogen (secondary N) is 1. The van der Waals surface area contributed by atoms with Crippen LogP contribution in [0.2, 0.25) is 0 Å². The smallest absolute Gasteiger partial charge is 0.00953 e. The first kappa shape index (κ1) is 16.0. The van der Waals surface area contributed by atoms with Crippen molar-refractivity contribution in [2.24, 2.45) is 5.41 Å². The Labute approximate surface area is 115 Å². The minimum Gasteiger partial charge on any atom is -0.314 e. The molecule has 0 aliphatic heterocycles. The van der Waals surface area contributed by atoms with Crippen LogP contribution in [0.15, 0.2) is 0 Å². The second-order valence-electron chi connectivity index (χ2n) is 7.05. The number of hydrogen-bond acceptors (Lipinski definition) is 2. The summed E-state index contributed by atoms with van der Waals surface area (Å²) in [6.45, 7) is 15.1. The molecule has 2 nitrogen and oxygen atoms in total. The molecule has 1 N–H and O–H groups in total. The Bertz CT molecular complexity index is 217. The maximum absolute atomic E-state index is 3.59. The predicted octanol–water partition coefficient (Wildman–Crippen LogP) is 3.67. The third-order valence-electron chi connectivity index (χ3n) is 4.12. The molecule has 0 amide bonds. The van der Waals surface area contributed by atoms with Gasteiger partial charge in [0.05, 0.1) is 0 Å². The molecule has 0 bridgehead atoms. The number of rotatable bonds is 7. The van der Waals surface area contributed by atoms with E-state index >= 15 is 0 Å². The summed E-state index contributed by atoms with van der Waals surface area (Å²) in [7, 11) is 0. The molecule has 108 valence electrons. The molecule has 0 aromatic rings. The lowest BCUT2D eigenvalue weighted by atomic mass is 9.88. The molecule has 1 aliphatic rings. The van der Waals surface area contributed by atoms with Crippen molar-refractivity contribution in [3.63, 3.8) is 0 Å². The summed E-state index contributed by atoms with van der Waals surface area (Å²) in [4.78, 5) is 2.72. The molecule has 18 heavy (non-hydrogen) atoms. The zero-order valence-corrected chi connectivity index (χ0v) is 13.3. The topological polar surface area (TPSA) is 15.3 Å². The molecule has 2 heteroatoms. The summed E-state index contributed by atoms with van der Waals surface area (Å²) in [5.41, 5.74) is 0.373. The fraction of sp³-hybridized carbons (Fsp3) is 1.00. The van der Waals surface area contributed by atoms with Crippen LogP contribution in [-0.4, -0.2) is 36.6 Å². The zero-order chi connectivity index (χ0) is 13.6. The average molecular weight is 254 g/mol. The fourth-order valence-corrected chi connectivity index (χ4v) is 3.03. The van der Waals surface area contributed by atoms with Gasteiger partial charge in [0.15, 0.2) is 0 Å². The second-order valence-corrected chi connectivity index (χ2v) is 7.05. The van der Waals surface area contributed by atoms with Crippen LogP contribution in [-0.2, 0) is 0 Å². The summed E-state index contributed by atoms with van der Waals surface area (Å²) in [5, 5.41) is 3.59. The quantitative estimate of drug-likeness (QED) is 0.746. The van der Waals surface area contributed by atoms with Crippen molar-refractivity contribution >= 4 is 0 Å². The first-order chi connectivity index (χ1) is 8.44. The molecule has 1 aliphatic carbocycles. The fourth-order valence-electron chi connectivity index (χ4n) is 3.03. The summed E-state index contributed by atoms with van der Waals surface area (Å²) >= 11 is 0. The third kappa shape index (κ3) is 5.71. The van der Waals surface area contributed by atoms with Crippen LogP contribution < -0.4 is 5.32 Å². The van der Waals surface area contributed by atoms with E-state index < -0.39 is 0 Å². The van der Waals surface area contributed by atoms with Crippen molar-refractivity contribution < 1.29 is 0 Å². The molecule has 0 aromatic heterocycles. The van der Waals surface area contributed by atoms with Crippen LogP contribution in [0.5, 0.6) is 0 Å². The monoisotopic (exact) mass is 254 g/mol. The summed E-state index contributed by atoms with van der Waals surface area (Å²) in [5.74, 6) is 0. The van der Waals surface area contributed by atoms with Crippen LogP contribution in [0.25, 0.3) is 0 Å². The molecular weight excluding hydrogens is 220 g/mol. The summed E-state index contributed by atoms with van der Waals surface area (Å²) < 4.78 is 0. The van der Waals surface area contributed by atoms with Crippen molar-refractivity contribution in [2.45, 2.75) is 78.8 Å². The van der Waals surface area contributed by atoms with Gasteiger partial charge >= 0.3 is 0 Å². The van der Waals surface area contributed by atoms with Gasteiger partial charge in [-0.2, -0.15) is 0 Å². The number of nitrogens with zero attached hydrogens (tertiary/aromatic N) is 1. The van der Waals surface area contributed by atoms with Crippen molar-refractivity contribution in [3.05, 3.63) is 0 Å². The Kier molecular flexibility index (Phi) is 6.65. The Morgan fingerprint density at radius 3 is 2.28 bits per heavy atom. The Morgan fingerprint density at radius 1 is 1.17 bits per heavy atom. The molecule has 0 heterocycles. The molecule has 0 unspecified atom stereocenters. The van der Waals surface area contributed by atoms with Crippen LogP contribution in [0.1, 0.15) is 66.7 Å². The summed E-state index contributed by atoms with van der Waals surface area (Å²) in [6.07, 6.45) is 7.16. The van der Waals surface area contributed by atoms with Crippen LogP contribution in [0, 0.1) is 5.41 Å². The molecule has 0 spiro atoms. The van der Waals surface area contributed by atoms with Crippen LogP contribution >= 0.6 is 0 Å². The van der Waals surface area contributed by atoms with Crippen molar-refractivity contribution in [3.8, 4) is 0 Å². The maximum atomic E-state index is 3.59. The Morgan fingerprint density at radius 2 is 1.78 bits per heavy atom. The standard InChI is InChI=1S/C16H34N2/c1-6-18(15-10-8-7-9-11-15)13-16(4,5)12-17-14(2)3/h14-15,17H,6-13H2,1-5H3. The van der Waals surface area contributed by atoms with Gasteiger partial charge in [0.2, 0.25) is 0 Å². The highest BCUT2D eigenvalue weighted by Crippen LogP contribution is 2.25. The van der Waals surface area contributed by atoms with Gasteiger partial charge in [-0.25, -0.2) is 0 Å². The van der Waals surface area contributed by atoms with E-state index in [1.165, 1.54) is 45.2 Å². The van der Waals surface area contributed by atoms with E-state index in [-0.39, 0.29) is 0 Å². The van der Waals surface area contributed by atoms with Gasteiger partial charge in [-0.15, -0.1) is 0 Å². The minimum absolute atomic E-state index is 0.373. The van der Waals surface area contributed by atoms with Crippen molar-refractivity contribution in [1.82, 2.24) is 10.2 Å². The Hall–Kier alpha value is -0.0800. The normalized spacial score (nSPS) is 18.8. The third-order valence-corrected chi connectivity index (χ3v) is 4.12. The molecule has 0 aromatic carbocycles. The first-order valence-electron chi connectivity index (χ1n) is 7.92. The van der Waals surface area contributed by atoms with E-state index in [0.29, 0.717) is 11.5 Å². The van der Waals surface area contributed by atoms with Crippen LogP contribution in [0.3, 0.4) is 0 Å². The molecule has 0 radical (unpaired) electrons. The maximum Gasteiger partial charge on any atom is 0.00953 e. The van der Waals surface area contributed by atoms with E-state index in [4.69, 9.17) is 0 Å². The van der Waals surface area contributed by atoms with E-state index in [2.05, 4.69) is 44.8 Å². The van der Waals surface area contributed by atoms with E-state index in [1.807, 2.05) is 0 Å². The SMILES string of the molecule is CCN(CC(C)(C)CNC(C)C)C1CCCCC1. The number of hydrogen-bond donors (Lipinski definition) is 1. The van der Waals surface area contributed by atoms with Gasteiger partial charge in [-0.1, -0.05) is 53.9 Å². The largest absolute Gasteiger partial charge is 0.314 e. The van der Waals surface area contributed by atoms with Gasteiger partial charge in [0.1, 0.15) is 0 Å². The van der Waals surface area contributed by atoms with Gasteiger partial charge in [-0.3, -0.25) is 0 Å². The Balaban J connectivity index is 2.44. The lowest BCUT2D eigenvalue weighted by molar-refractivity contribution is 0.107. The van der Waals surface area contributed by atoms with E-state index in [9.17, 15) is 0 Å². The molecule has 1 rings (SSSR count). The van der Waals surface area contributed by atoms with Gasteiger partial charge in [0, 0.05) is 25.2 Å². The van der Waals surface area contributed by atoms with Crippen molar-refractivity contribution in [1.29, 1.82) is 0 Å². The van der Waals surface area contributed by atoms with Gasteiger partial charge in [-0.05, 0) is 24.8 Å². The average Bonchev–Trinajstić information content (AvgIpc) is 2.35. The highest BCUT2D eigenvalue weighted by Gasteiger charge is 2.26. The predicted molar refractivity (Wildman–Crippen MR) is 81.0 cm³/mol. The molecular formula is C16H34N2. The lowest BCUT2D eigenvalue weighted by Gasteiger charge is -2.39. The molecule has 0 saturated heterocycles. The van der Waals surface area contributed by atoms with E-state index in [0.717, 1.165) is 12.6 Å². The van der Waals surface area contributed by atoms with Crippen LogP contribution in [0.4, 0.5) is 0 Å². The van der Waals surface area contributed by atoms with E-state index in [1.54, 1.807) is 0 Å². The summed E-state index contributed by atoms with van der Waals surface area (Å²) in [6, 6.07) is 1.44. The lowest BCUT2D eigenvalue weighted by Crippen LogP contribution is -2.46. The van der Waals surface area contributed by atoms with Crippen molar-refractivity contribution in [2.75, 3.05) is 19.6 Å².